The molecule has 28 heavy (non-hydrogen) atoms. The molecule has 3 rings (SSSR count). The molecule has 0 atom stereocenters. The van der Waals surface area contributed by atoms with Gasteiger partial charge in [0.15, 0.2) is 9.84 Å². The molecular weight excluding hydrogens is 396 g/mol. The molecule has 2 aromatic carbocycles. The first-order valence-corrected chi connectivity index (χ1v) is 11.2. The van der Waals surface area contributed by atoms with E-state index in [4.69, 9.17) is 4.74 Å². The van der Waals surface area contributed by atoms with E-state index in [-0.39, 0.29) is 23.1 Å². The molecule has 0 bridgehead atoms. The Hall–Kier alpha value is -2.71. The van der Waals surface area contributed by atoms with E-state index in [1.54, 1.807) is 65.9 Å². The van der Waals surface area contributed by atoms with Crippen LogP contribution in [0.4, 0.5) is 0 Å². The summed E-state index contributed by atoms with van der Waals surface area (Å²) in [5.41, 5.74) is 1.30. The van der Waals surface area contributed by atoms with Crippen molar-refractivity contribution in [3.05, 3.63) is 76.2 Å². The van der Waals surface area contributed by atoms with Crippen LogP contribution in [0.25, 0.3) is 0 Å². The number of carbonyl (C=O) groups excluding carboxylic acids is 1. The number of nitrogens with one attached hydrogen (secondary N) is 1. The Bertz CT molecular complexity index is 1030. The molecule has 0 spiro atoms. The fourth-order valence-electron chi connectivity index (χ4n) is 2.48. The number of rotatable bonds is 8. The molecule has 1 aromatic heterocycles. The summed E-state index contributed by atoms with van der Waals surface area (Å²) in [6, 6.07) is 14.9. The van der Waals surface area contributed by atoms with Crippen LogP contribution in [-0.2, 0) is 16.4 Å². The van der Waals surface area contributed by atoms with E-state index >= 15 is 0 Å². The van der Waals surface area contributed by atoms with Crippen molar-refractivity contribution in [2.24, 2.45) is 0 Å². The largest absolute Gasteiger partial charge is 0.487 e. The topological polar surface area (TPSA) is 85.4 Å². The Kier molecular flexibility index (Phi) is 6.43. The lowest BCUT2D eigenvalue weighted by molar-refractivity contribution is 0.0956. The van der Waals surface area contributed by atoms with Crippen LogP contribution in [0.1, 0.15) is 21.1 Å². The highest BCUT2D eigenvalue weighted by molar-refractivity contribution is 7.91. The maximum Gasteiger partial charge on any atom is 0.251 e. The van der Waals surface area contributed by atoms with E-state index < -0.39 is 9.84 Å². The van der Waals surface area contributed by atoms with Gasteiger partial charge in [-0.05, 0) is 43.3 Å². The summed E-state index contributed by atoms with van der Waals surface area (Å²) in [6.45, 7) is 2.34. The molecule has 1 amide bonds. The number of aryl methyl sites for hydroxylation is 1. The predicted octanol–water partition coefficient (Wildman–Crippen LogP) is 3.23. The van der Waals surface area contributed by atoms with Crippen LogP contribution in [-0.4, -0.2) is 31.6 Å². The van der Waals surface area contributed by atoms with Gasteiger partial charge in [0.25, 0.3) is 5.91 Å². The number of sulfone groups is 1. The smallest absolute Gasteiger partial charge is 0.251 e. The molecule has 146 valence electrons. The van der Waals surface area contributed by atoms with Gasteiger partial charge in [0.2, 0.25) is 0 Å². The molecule has 0 fully saturated rings. The van der Waals surface area contributed by atoms with Crippen LogP contribution in [0, 0.1) is 6.92 Å². The molecule has 0 saturated heterocycles. The number of amides is 1. The highest BCUT2D eigenvalue weighted by Gasteiger charge is 2.14. The maximum absolute atomic E-state index is 12.2. The minimum Gasteiger partial charge on any atom is -0.487 e. The monoisotopic (exact) mass is 416 g/mol. The van der Waals surface area contributed by atoms with Crippen molar-refractivity contribution in [3.63, 3.8) is 0 Å². The third-order valence-corrected chi connectivity index (χ3v) is 6.48. The molecule has 0 aliphatic heterocycles. The second-order valence-corrected chi connectivity index (χ2v) is 9.23. The van der Waals surface area contributed by atoms with Crippen molar-refractivity contribution in [2.75, 3.05) is 12.3 Å². The molecule has 3 aromatic rings. The average Bonchev–Trinajstić information content (AvgIpc) is 3.12. The van der Waals surface area contributed by atoms with E-state index in [9.17, 15) is 13.2 Å². The van der Waals surface area contributed by atoms with Gasteiger partial charge in [0, 0.05) is 17.5 Å². The van der Waals surface area contributed by atoms with Crippen molar-refractivity contribution in [3.8, 4) is 5.75 Å². The standard InChI is InChI=1S/C20H20N2O4S2/c1-15-22-17(14-27-15)13-26-18-9-7-16(8-10-18)20(23)21-11-12-28(24,25)19-5-3-2-4-6-19/h2-10,14H,11-13H2,1H3,(H,21,23). The molecular formula is C20H20N2O4S2. The minimum absolute atomic E-state index is 0.0392. The van der Waals surface area contributed by atoms with Gasteiger partial charge in [-0.1, -0.05) is 18.2 Å². The Morgan fingerprint density at radius 2 is 1.82 bits per heavy atom. The van der Waals surface area contributed by atoms with Crippen molar-refractivity contribution < 1.29 is 17.9 Å². The lowest BCUT2D eigenvalue weighted by atomic mass is 10.2. The van der Waals surface area contributed by atoms with Crippen LogP contribution >= 0.6 is 11.3 Å². The molecule has 0 radical (unpaired) electrons. The number of benzene rings is 2. The molecule has 0 aliphatic rings. The first kappa shape index (κ1) is 20.0. The van der Waals surface area contributed by atoms with E-state index in [2.05, 4.69) is 10.3 Å². The Morgan fingerprint density at radius 1 is 1.11 bits per heavy atom. The first-order valence-electron chi connectivity index (χ1n) is 8.64. The number of ether oxygens (including phenoxy) is 1. The van der Waals surface area contributed by atoms with Gasteiger partial charge < -0.3 is 10.1 Å². The summed E-state index contributed by atoms with van der Waals surface area (Å²) in [6.07, 6.45) is 0. The number of hydrogen-bond donors (Lipinski definition) is 1. The number of thiazole rings is 1. The average molecular weight is 417 g/mol. The molecule has 0 aliphatic carbocycles. The molecule has 6 nitrogen and oxygen atoms in total. The quantitative estimate of drug-likeness (QED) is 0.609. The zero-order valence-electron chi connectivity index (χ0n) is 15.3. The third kappa shape index (κ3) is 5.40. The zero-order valence-corrected chi connectivity index (χ0v) is 16.9. The Morgan fingerprint density at radius 3 is 2.46 bits per heavy atom. The summed E-state index contributed by atoms with van der Waals surface area (Å²) in [7, 11) is -3.42. The SMILES string of the molecule is Cc1nc(COc2ccc(C(=O)NCCS(=O)(=O)c3ccccc3)cc2)cs1. The van der Waals surface area contributed by atoms with Crippen LogP contribution < -0.4 is 10.1 Å². The summed E-state index contributed by atoms with van der Waals surface area (Å²) in [5, 5.41) is 5.57. The maximum atomic E-state index is 12.2. The number of aromatic nitrogens is 1. The van der Waals surface area contributed by atoms with Crippen molar-refractivity contribution >= 4 is 27.1 Å². The van der Waals surface area contributed by atoms with Gasteiger partial charge in [-0.25, -0.2) is 13.4 Å². The lowest BCUT2D eigenvalue weighted by Gasteiger charge is -2.08. The third-order valence-electron chi connectivity index (χ3n) is 3.93. The Balaban J connectivity index is 1.49. The highest BCUT2D eigenvalue weighted by Crippen LogP contribution is 2.16. The second-order valence-electron chi connectivity index (χ2n) is 6.06. The van der Waals surface area contributed by atoms with Gasteiger partial charge in [-0.2, -0.15) is 0 Å². The van der Waals surface area contributed by atoms with Crippen LogP contribution in [0.2, 0.25) is 0 Å². The first-order chi connectivity index (χ1) is 13.4. The number of hydrogen-bond acceptors (Lipinski definition) is 6. The fourth-order valence-corrected chi connectivity index (χ4v) is 4.26. The summed E-state index contributed by atoms with van der Waals surface area (Å²) >= 11 is 1.57. The van der Waals surface area contributed by atoms with E-state index in [1.165, 1.54) is 0 Å². The predicted molar refractivity (Wildman–Crippen MR) is 108 cm³/mol. The van der Waals surface area contributed by atoms with Gasteiger partial charge in [0.05, 0.1) is 21.3 Å². The fraction of sp³-hybridized carbons (Fsp3) is 0.200. The Labute approximate surface area is 168 Å². The van der Waals surface area contributed by atoms with Crippen molar-refractivity contribution in [1.29, 1.82) is 0 Å². The second kappa shape index (κ2) is 8.99. The summed E-state index contributed by atoms with van der Waals surface area (Å²) < 4.78 is 30.1. The van der Waals surface area contributed by atoms with Crippen LogP contribution in [0.5, 0.6) is 5.75 Å². The number of nitrogens with zero attached hydrogens (tertiary/aromatic N) is 1. The molecule has 1 heterocycles. The van der Waals surface area contributed by atoms with Gasteiger partial charge in [0.1, 0.15) is 12.4 Å². The van der Waals surface area contributed by atoms with Crippen molar-refractivity contribution in [2.45, 2.75) is 18.4 Å². The van der Waals surface area contributed by atoms with E-state index in [1.807, 2.05) is 12.3 Å². The highest BCUT2D eigenvalue weighted by atomic mass is 32.2. The molecule has 1 N–H and O–H groups in total. The molecule has 8 heteroatoms. The minimum atomic E-state index is -3.42. The molecule has 0 unspecified atom stereocenters. The van der Waals surface area contributed by atoms with Gasteiger partial charge in [-0.15, -0.1) is 11.3 Å². The van der Waals surface area contributed by atoms with Crippen LogP contribution in [0.15, 0.2) is 64.9 Å². The van der Waals surface area contributed by atoms with Gasteiger partial charge in [-0.3, -0.25) is 4.79 Å². The summed E-state index contributed by atoms with van der Waals surface area (Å²) in [5.74, 6) is 0.149. The van der Waals surface area contributed by atoms with Crippen molar-refractivity contribution in [1.82, 2.24) is 10.3 Å². The summed E-state index contributed by atoms with van der Waals surface area (Å²) in [4.78, 5) is 16.8. The van der Waals surface area contributed by atoms with E-state index in [0.29, 0.717) is 17.9 Å². The van der Waals surface area contributed by atoms with Crippen LogP contribution in [0.3, 0.4) is 0 Å². The zero-order chi connectivity index (χ0) is 20.0. The van der Waals surface area contributed by atoms with E-state index in [0.717, 1.165) is 10.7 Å². The number of carbonyl (C=O) groups is 1. The van der Waals surface area contributed by atoms with Gasteiger partial charge >= 0.3 is 0 Å². The normalized spacial score (nSPS) is 11.2. The lowest BCUT2D eigenvalue weighted by Crippen LogP contribution is -2.29. The molecule has 0 saturated carbocycles.